The second-order valence-corrected chi connectivity index (χ2v) is 10.1. The maximum Gasteiger partial charge on any atom is 0.271 e. The van der Waals surface area contributed by atoms with Gasteiger partial charge in [-0.1, -0.05) is 42.5 Å². The summed E-state index contributed by atoms with van der Waals surface area (Å²) in [5, 5.41) is 14.9. The number of pyridine rings is 2. The van der Waals surface area contributed by atoms with Gasteiger partial charge in [-0.15, -0.1) is 10.2 Å². The first-order valence-electron chi connectivity index (χ1n) is 12.7. The fourth-order valence-corrected chi connectivity index (χ4v) is 5.02. The third-order valence-electron chi connectivity index (χ3n) is 7.37. The average Bonchev–Trinajstić information content (AvgIpc) is 3.68. The van der Waals surface area contributed by atoms with E-state index in [1.54, 1.807) is 37.1 Å². The Bertz CT molecular complexity index is 1860. The number of fused-ring (bicyclic) bond motifs is 2. The van der Waals surface area contributed by atoms with Gasteiger partial charge in [0.25, 0.3) is 11.7 Å². The molecule has 190 valence electrons. The van der Waals surface area contributed by atoms with Crippen molar-refractivity contribution in [2.45, 2.75) is 18.3 Å². The topological polar surface area (TPSA) is 102 Å². The Hall–Kier alpha value is -5.05. The molecule has 7 rings (SSSR count). The largest absolute Gasteiger partial charge is 0.343 e. The van der Waals surface area contributed by atoms with Gasteiger partial charge in [0.05, 0.1) is 17.1 Å². The van der Waals surface area contributed by atoms with E-state index < -0.39 is 0 Å². The molecule has 0 unspecified atom stereocenters. The summed E-state index contributed by atoms with van der Waals surface area (Å²) in [4.78, 5) is 27.0. The minimum atomic E-state index is -0.228. The number of amides is 1. The molecule has 6 aromatic rings. The molecule has 4 aromatic heterocycles. The van der Waals surface area contributed by atoms with Gasteiger partial charge < -0.3 is 4.90 Å². The molecular formula is C30H24N8O. The van der Waals surface area contributed by atoms with Gasteiger partial charge in [0.2, 0.25) is 0 Å². The minimum Gasteiger partial charge on any atom is -0.343 e. The van der Waals surface area contributed by atoms with Crippen LogP contribution in [-0.4, -0.2) is 59.7 Å². The number of aromatic nitrogens is 7. The summed E-state index contributed by atoms with van der Waals surface area (Å²) >= 11 is 0. The first-order valence-corrected chi connectivity index (χ1v) is 12.7. The number of hydrogen-bond acceptors (Lipinski definition) is 7. The first-order chi connectivity index (χ1) is 19.0. The third kappa shape index (κ3) is 3.90. The highest BCUT2D eigenvalue weighted by Crippen LogP contribution is 2.53. The maximum atomic E-state index is 12.1. The zero-order chi connectivity index (χ0) is 26.6. The lowest BCUT2D eigenvalue weighted by atomic mass is 9.94. The number of carbonyl (C=O) groups is 1. The van der Waals surface area contributed by atoms with Crippen molar-refractivity contribution in [3.8, 4) is 22.4 Å². The Morgan fingerprint density at radius 2 is 1.64 bits per heavy atom. The van der Waals surface area contributed by atoms with Crippen molar-refractivity contribution < 1.29 is 4.79 Å². The van der Waals surface area contributed by atoms with Crippen molar-refractivity contribution in [1.29, 1.82) is 0 Å². The van der Waals surface area contributed by atoms with Crippen LogP contribution in [0.1, 0.15) is 34.7 Å². The molecule has 0 spiro atoms. The van der Waals surface area contributed by atoms with E-state index in [2.05, 4.69) is 49.4 Å². The lowest BCUT2D eigenvalue weighted by molar-refractivity contribution is 0.0822. The molecule has 0 aliphatic heterocycles. The van der Waals surface area contributed by atoms with Crippen LogP contribution in [0.3, 0.4) is 0 Å². The van der Waals surface area contributed by atoms with Gasteiger partial charge >= 0.3 is 0 Å². The van der Waals surface area contributed by atoms with E-state index >= 15 is 0 Å². The van der Waals surface area contributed by atoms with Crippen molar-refractivity contribution in [3.05, 3.63) is 102 Å². The first kappa shape index (κ1) is 23.1. The molecule has 1 amide bonds. The number of hydrogen-bond donors (Lipinski definition) is 0. The Balaban J connectivity index is 1.20. The van der Waals surface area contributed by atoms with Crippen molar-refractivity contribution in [2.24, 2.45) is 0 Å². The molecule has 1 aliphatic carbocycles. The molecule has 1 saturated carbocycles. The summed E-state index contributed by atoms with van der Waals surface area (Å²) in [7, 11) is 3.43. The van der Waals surface area contributed by atoms with E-state index in [0.29, 0.717) is 11.5 Å². The highest BCUT2D eigenvalue weighted by atomic mass is 16.2. The molecule has 0 radical (unpaired) electrons. The fourth-order valence-electron chi connectivity index (χ4n) is 5.02. The van der Waals surface area contributed by atoms with Crippen LogP contribution in [0.4, 0.5) is 0 Å². The minimum absolute atomic E-state index is 0.121. The molecule has 4 heterocycles. The van der Waals surface area contributed by atoms with E-state index in [1.165, 1.54) is 10.5 Å². The highest BCUT2D eigenvalue weighted by molar-refractivity contribution is 5.92. The number of rotatable bonds is 5. The van der Waals surface area contributed by atoms with E-state index in [9.17, 15) is 4.79 Å². The Labute approximate surface area is 224 Å². The van der Waals surface area contributed by atoms with Gasteiger partial charge in [-0.2, -0.15) is 9.61 Å². The van der Waals surface area contributed by atoms with Crippen molar-refractivity contribution in [1.82, 2.24) is 39.7 Å². The van der Waals surface area contributed by atoms with Crippen LogP contribution < -0.4 is 0 Å². The molecule has 0 bridgehead atoms. The molecule has 39 heavy (non-hydrogen) atoms. The predicted molar refractivity (Wildman–Crippen MR) is 147 cm³/mol. The summed E-state index contributed by atoms with van der Waals surface area (Å²) in [5.74, 6) is 1.17. The SMILES string of the molecule is CN(C)C(=O)c1ccc(-c2ccc(-c3cnc4nnc(C5(c6ccc7ncccc7c6)CC5)n4n3)cc2)cn1. The van der Waals surface area contributed by atoms with E-state index in [1.807, 2.05) is 42.6 Å². The van der Waals surface area contributed by atoms with Crippen LogP contribution in [0.15, 0.2) is 85.3 Å². The fraction of sp³-hybridized carbons (Fsp3) is 0.167. The molecule has 2 aromatic carbocycles. The summed E-state index contributed by atoms with van der Waals surface area (Å²) < 4.78 is 1.79. The third-order valence-corrected chi connectivity index (χ3v) is 7.37. The smallest absolute Gasteiger partial charge is 0.271 e. The second-order valence-electron chi connectivity index (χ2n) is 10.1. The van der Waals surface area contributed by atoms with Crippen molar-refractivity contribution >= 4 is 22.6 Å². The molecule has 0 N–H and O–H groups in total. The van der Waals surface area contributed by atoms with Crippen LogP contribution >= 0.6 is 0 Å². The van der Waals surface area contributed by atoms with Crippen molar-refractivity contribution in [3.63, 3.8) is 0 Å². The zero-order valence-electron chi connectivity index (χ0n) is 21.5. The van der Waals surface area contributed by atoms with Gasteiger partial charge in [-0.05, 0) is 48.2 Å². The molecule has 1 aliphatic rings. The van der Waals surface area contributed by atoms with Gasteiger partial charge in [0.1, 0.15) is 11.4 Å². The lowest BCUT2D eigenvalue weighted by Gasteiger charge is -2.14. The molecular weight excluding hydrogens is 488 g/mol. The van der Waals surface area contributed by atoms with Gasteiger partial charge in [-0.25, -0.2) is 4.98 Å². The Kier molecular flexibility index (Phi) is 5.19. The summed E-state index contributed by atoms with van der Waals surface area (Å²) in [5.41, 5.74) is 5.96. The van der Waals surface area contributed by atoms with Gasteiger partial charge in [-0.3, -0.25) is 14.8 Å². The van der Waals surface area contributed by atoms with Crippen LogP contribution in [-0.2, 0) is 5.41 Å². The zero-order valence-corrected chi connectivity index (χ0v) is 21.5. The predicted octanol–water partition coefficient (Wildman–Crippen LogP) is 4.58. The summed E-state index contributed by atoms with van der Waals surface area (Å²) in [6, 6.07) is 22.2. The molecule has 9 nitrogen and oxygen atoms in total. The number of carbonyl (C=O) groups excluding carboxylic acids is 1. The molecule has 0 atom stereocenters. The lowest BCUT2D eigenvalue weighted by Crippen LogP contribution is -2.22. The normalized spacial score (nSPS) is 14.0. The average molecular weight is 513 g/mol. The maximum absolute atomic E-state index is 12.1. The van der Waals surface area contributed by atoms with Gasteiger partial charge in [0.15, 0.2) is 5.82 Å². The Morgan fingerprint density at radius 3 is 2.38 bits per heavy atom. The van der Waals surface area contributed by atoms with Crippen molar-refractivity contribution in [2.75, 3.05) is 14.1 Å². The molecule has 1 fully saturated rings. The van der Waals surface area contributed by atoms with E-state index in [0.717, 1.165) is 52.0 Å². The molecule has 9 heteroatoms. The van der Waals surface area contributed by atoms with Gasteiger partial charge in [0, 0.05) is 43.0 Å². The summed E-state index contributed by atoms with van der Waals surface area (Å²) in [6.07, 6.45) is 7.22. The number of nitrogens with zero attached hydrogens (tertiary/aromatic N) is 8. The summed E-state index contributed by atoms with van der Waals surface area (Å²) in [6.45, 7) is 0. The van der Waals surface area contributed by atoms with Crippen LogP contribution in [0, 0.1) is 0 Å². The van der Waals surface area contributed by atoms with Crippen LogP contribution in [0.2, 0.25) is 0 Å². The second kappa shape index (κ2) is 8.76. The highest BCUT2D eigenvalue weighted by Gasteiger charge is 2.50. The quantitative estimate of drug-likeness (QED) is 0.333. The Morgan fingerprint density at radius 1 is 0.846 bits per heavy atom. The molecule has 0 saturated heterocycles. The van der Waals surface area contributed by atoms with Crippen LogP contribution in [0.25, 0.3) is 39.1 Å². The monoisotopic (exact) mass is 512 g/mol. The standard InChI is InChI=1S/C30H24N8O/c1-37(2)27(39)25-11-9-22(17-32-25)19-5-7-20(8-6-19)26-18-33-29-35-34-28(38(29)36-26)30(13-14-30)23-10-12-24-21(16-23)4-3-15-31-24/h3-12,15-18H,13-14H2,1-2H3. The van der Waals surface area contributed by atoms with E-state index in [-0.39, 0.29) is 11.3 Å². The van der Waals surface area contributed by atoms with Crippen LogP contribution in [0.5, 0.6) is 0 Å². The van der Waals surface area contributed by atoms with E-state index in [4.69, 9.17) is 5.10 Å². The number of benzene rings is 2.